The molecule has 1 aliphatic rings. The highest BCUT2D eigenvalue weighted by molar-refractivity contribution is 9.10. The second kappa shape index (κ2) is 6.90. The second-order valence-electron chi connectivity index (χ2n) is 5.67. The maximum absolute atomic E-state index is 12.4. The molecule has 4 rings (SSSR count). The van der Waals surface area contributed by atoms with Crippen LogP contribution in [-0.2, 0) is 0 Å². The molecule has 3 aromatic rings. The lowest BCUT2D eigenvalue weighted by atomic mass is 10.2. The van der Waals surface area contributed by atoms with Crippen molar-refractivity contribution in [2.24, 2.45) is 5.10 Å². The molecule has 0 fully saturated rings. The predicted molar refractivity (Wildman–Crippen MR) is 107 cm³/mol. The topological polar surface area (TPSA) is 59.9 Å². The number of ether oxygens (including phenoxy) is 2. The van der Waals surface area contributed by atoms with Crippen LogP contribution >= 0.6 is 38.9 Å². The van der Waals surface area contributed by atoms with Crippen molar-refractivity contribution >= 4 is 61.1 Å². The highest BCUT2D eigenvalue weighted by atomic mass is 79.9. The van der Waals surface area contributed by atoms with Crippen LogP contribution in [0.1, 0.15) is 20.8 Å². The van der Waals surface area contributed by atoms with Crippen LogP contribution in [0.3, 0.4) is 0 Å². The Bertz CT molecular complexity index is 1060. The van der Waals surface area contributed by atoms with E-state index in [-0.39, 0.29) is 12.7 Å². The largest absolute Gasteiger partial charge is 0.454 e. The Hall–Kier alpha value is -2.09. The molecule has 8 heteroatoms. The summed E-state index contributed by atoms with van der Waals surface area (Å²) in [5.41, 5.74) is 4.40. The minimum atomic E-state index is -0.345. The normalized spacial score (nSPS) is 12.9. The minimum absolute atomic E-state index is 0.197. The van der Waals surface area contributed by atoms with Crippen molar-refractivity contribution in [1.82, 2.24) is 5.43 Å². The highest BCUT2D eigenvalue weighted by Gasteiger charge is 2.18. The van der Waals surface area contributed by atoms with E-state index in [2.05, 4.69) is 26.5 Å². The molecule has 2 aromatic carbocycles. The number of nitrogens with one attached hydrogen (secondary N) is 1. The SMILES string of the molecule is Cc1ccc2c(Cl)c(C(=O)N/N=C/c3cc4c(cc3Br)OCO4)sc2c1. The number of benzene rings is 2. The number of hydrogen-bond acceptors (Lipinski definition) is 5. The summed E-state index contributed by atoms with van der Waals surface area (Å²) < 4.78 is 12.4. The van der Waals surface area contributed by atoms with E-state index in [1.54, 1.807) is 12.1 Å². The number of rotatable bonds is 3. The van der Waals surface area contributed by atoms with Crippen molar-refractivity contribution in [2.75, 3.05) is 6.79 Å². The Kier molecular flexibility index (Phi) is 4.60. The van der Waals surface area contributed by atoms with Gasteiger partial charge in [0.15, 0.2) is 11.5 Å². The Balaban J connectivity index is 1.54. The zero-order valence-corrected chi connectivity index (χ0v) is 16.7. The first-order valence-corrected chi connectivity index (χ1v) is 9.63. The van der Waals surface area contributed by atoms with Gasteiger partial charge in [0.2, 0.25) is 6.79 Å². The van der Waals surface area contributed by atoms with Gasteiger partial charge in [-0.1, -0.05) is 23.7 Å². The average molecular weight is 452 g/mol. The van der Waals surface area contributed by atoms with Crippen LogP contribution in [0.5, 0.6) is 11.5 Å². The van der Waals surface area contributed by atoms with E-state index < -0.39 is 0 Å². The van der Waals surface area contributed by atoms with Crippen molar-refractivity contribution in [1.29, 1.82) is 0 Å². The molecule has 0 saturated carbocycles. The van der Waals surface area contributed by atoms with Crippen LogP contribution in [-0.4, -0.2) is 18.9 Å². The monoisotopic (exact) mass is 450 g/mol. The van der Waals surface area contributed by atoms with Crippen molar-refractivity contribution in [3.8, 4) is 11.5 Å². The van der Waals surface area contributed by atoms with E-state index in [0.717, 1.165) is 25.7 Å². The number of hydrogen-bond donors (Lipinski definition) is 1. The predicted octanol–water partition coefficient (Wildman–Crippen LogP) is 5.12. The fourth-order valence-electron chi connectivity index (χ4n) is 2.56. The second-order valence-corrected chi connectivity index (χ2v) is 7.96. The smallest absolute Gasteiger partial charge is 0.283 e. The number of aryl methyl sites for hydroxylation is 1. The molecule has 0 unspecified atom stereocenters. The van der Waals surface area contributed by atoms with E-state index in [1.807, 2.05) is 25.1 Å². The quantitative estimate of drug-likeness (QED) is 0.444. The van der Waals surface area contributed by atoms with Gasteiger partial charge in [-0.2, -0.15) is 5.10 Å². The van der Waals surface area contributed by atoms with Gasteiger partial charge in [-0.3, -0.25) is 4.79 Å². The van der Waals surface area contributed by atoms with Gasteiger partial charge in [0.1, 0.15) is 4.88 Å². The molecular weight excluding hydrogens is 440 g/mol. The van der Waals surface area contributed by atoms with E-state index in [4.69, 9.17) is 21.1 Å². The zero-order valence-electron chi connectivity index (χ0n) is 13.5. The molecule has 1 N–H and O–H groups in total. The first-order valence-electron chi connectivity index (χ1n) is 7.64. The highest BCUT2D eigenvalue weighted by Crippen LogP contribution is 2.37. The van der Waals surface area contributed by atoms with Crippen LogP contribution in [0.4, 0.5) is 0 Å². The fraction of sp³-hybridized carbons (Fsp3) is 0.111. The van der Waals surface area contributed by atoms with Gasteiger partial charge in [0, 0.05) is 20.1 Å². The van der Waals surface area contributed by atoms with Crippen molar-refractivity contribution in [3.63, 3.8) is 0 Å². The molecule has 26 heavy (non-hydrogen) atoms. The molecule has 2 heterocycles. The lowest BCUT2D eigenvalue weighted by molar-refractivity contribution is 0.0959. The van der Waals surface area contributed by atoms with Gasteiger partial charge in [0.25, 0.3) is 5.91 Å². The van der Waals surface area contributed by atoms with Crippen LogP contribution in [0.2, 0.25) is 5.02 Å². The van der Waals surface area contributed by atoms with Gasteiger partial charge in [0.05, 0.1) is 11.2 Å². The van der Waals surface area contributed by atoms with Crippen molar-refractivity contribution in [2.45, 2.75) is 6.92 Å². The third-order valence-corrected chi connectivity index (χ3v) is 6.20. The molecule has 0 spiro atoms. The van der Waals surface area contributed by atoms with E-state index in [1.165, 1.54) is 17.6 Å². The molecular formula is C18H12BrClN2O3S. The van der Waals surface area contributed by atoms with E-state index in [0.29, 0.717) is 21.4 Å². The summed E-state index contributed by atoms with van der Waals surface area (Å²) in [6.45, 7) is 2.20. The average Bonchev–Trinajstić information content (AvgIpc) is 3.18. The zero-order chi connectivity index (χ0) is 18.3. The Morgan fingerprint density at radius 3 is 2.88 bits per heavy atom. The number of fused-ring (bicyclic) bond motifs is 2. The third kappa shape index (κ3) is 3.18. The van der Waals surface area contributed by atoms with Crippen LogP contribution in [0.15, 0.2) is 39.9 Å². The van der Waals surface area contributed by atoms with Gasteiger partial charge in [-0.15, -0.1) is 11.3 Å². The molecule has 0 aliphatic carbocycles. The van der Waals surface area contributed by atoms with Gasteiger partial charge >= 0.3 is 0 Å². The number of halogens is 2. The maximum atomic E-state index is 12.4. The third-order valence-electron chi connectivity index (χ3n) is 3.85. The Morgan fingerprint density at radius 1 is 1.31 bits per heavy atom. The number of amides is 1. The van der Waals surface area contributed by atoms with Crippen molar-refractivity contribution < 1.29 is 14.3 Å². The number of hydrazone groups is 1. The maximum Gasteiger partial charge on any atom is 0.283 e. The molecule has 1 aromatic heterocycles. The molecule has 132 valence electrons. The summed E-state index contributed by atoms with van der Waals surface area (Å²) in [4.78, 5) is 12.9. The molecule has 5 nitrogen and oxygen atoms in total. The van der Waals surface area contributed by atoms with Crippen LogP contribution in [0.25, 0.3) is 10.1 Å². The van der Waals surface area contributed by atoms with Crippen LogP contribution in [0, 0.1) is 6.92 Å². The number of carbonyl (C=O) groups excluding carboxylic acids is 1. The van der Waals surface area contributed by atoms with Gasteiger partial charge < -0.3 is 9.47 Å². The standard InChI is InChI=1S/C18H12BrClN2O3S/c1-9-2-3-11-15(4-9)26-17(16(11)20)18(23)22-21-7-10-5-13-14(6-12(10)19)25-8-24-13/h2-7H,8H2,1H3,(H,22,23)/b21-7+. The molecule has 0 atom stereocenters. The molecule has 0 radical (unpaired) electrons. The summed E-state index contributed by atoms with van der Waals surface area (Å²) in [6, 6.07) is 9.49. The summed E-state index contributed by atoms with van der Waals surface area (Å²) in [5, 5.41) is 5.35. The number of thiophene rings is 1. The van der Waals surface area contributed by atoms with Gasteiger partial charge in [-0.25, -0.2) is 5.43 Å². The van der Waals surface area contributed by atoms with E-state index >= 15 is 0 Å². The lowest BCUT2D eigenvalue weighted by Crippen LogP contribution is -2.16. The molecule has 0 saturated heterocycles. The first kappa shape index (κ1) is 17.3. The van der Waals surface area contributed by atoms with Gasteiger partial charge in [-0.05, 0) is 46.6 Å². The summed E-state index contributed by atoms with van der Waals surface area (Å²) >= 11 is 11.1. The fourth-order valence-corrected chi connectivity index (χ4v) is 4.49. The van der Waals surface area contributed by atoms with Crippen LogP contribution < -0.4 is 14.9 Å². The Morgan fingerprint density at radius 2 is 2.08 bits per heavy atom. The minimum Gasteiger partial charge on any atom is -0.454 e. The summed E-state index contributed by atoms with van der Waals surface area (Å²) in [6.07, 6.45) is 1.54. The van der Waals surface area contributed by atoms with E-state index in [9.17, 15) is 4.79 Å². The summed E-state index contributed by atoms with van der Waals surface area (Å²) in [7, 11) is 0. The van der Waals surface area contributed by atoms with Crippen molar-refractivity contribution in [3.05, 3.63) is 55.8 Å². The molecule has 0 bridgehead atoms. The summed E-state index contributed by atoms with van der Waals surface area (Å²) in [5.74, 6) is 0.969. The first-order chi connectivity index (χ1) is 12.5. The Labute approximate surface area is 166 Å². The molecule has 1 amide bonds. The number of carbonyl (C=O) groups is 1. The molecule has 1 aliphatic heterocycles. The number of nitrogens with zero attached hydrogens (tertiary/aromatic N) is 1. The lowest BCUT2D eigenvalue weighted by Gasteiger charge is -2.02.